The lowest BCUT2D eigenvalue weighted by Gasteiger charge is -2.24. The zero-order valence-corrected chi connectivity index (χ0v) is 23.0. The maximum absolute atomic E-state index is 13.4. The van der Waals surface area contributed by atoms with E-state index in [9.17, 15) is 29.6 Å². The van der Waals surface area contributed by atoms with Gasteiger partial charge in [-0.25, -0.2) is 18.9 Å². The van der Waals surface area contributed by atoms with Crippen molar-refractivity contribution in [2.45, 2.75) is 37.3 Å². The summed E-state index contributed by atoms with van der Waals surface area (Å²) in [6.45, 7) is 0.920. The molecule has 17 nitrogen and oxygen atoms in total. The number of carbonyl (C=O) groups excluding carboxylic acids is 2. The maximum Gasteiger partial charge on any atom is 0.491 e. The topological polar surface area (TPSA) is 242 Å². The highest BCUT2D eigenvalue weighted by Gasteiger charge is 2.58. The lowest BCUT2D eigenvalue weighted by Crippen LogP contribution is -2.41. The Labute approximate surface area is 238 Å². The van der Waals surface area contributed by atoms with Gasteiger partial charge in [0.15, 0.2) is 5.82 Å². The van der Waals surface area contributed by atoms with Crippen molar-refractivity contribution in [2.75, 3.05) is 25.1 Å². The normalized spacial score (nSPS) is 23.1. The fraction of sp³-hybridized carbons (Fsp3) is 0.375. The van der Waals surface area contributed by atoms with Crippen LogP contribution in [0.1, 0.15) is 19.0 Å². The Kier molecular flexibility index (Phi) is 9.70. The van der Waals surface area contributed by atoms with Gasteiger partial charge in [0, 0.05) is 13.0 Å². The van der Waals surface area contributed by atoms with Crippen LogP contribution in [0.15, 0.2) is 48.8 Å². The monoisotopic (exact) mass is 605 g/mol. The standard InChI is InChI=1S/C24H28N7O10P/c1-2-19(32)40-30-42(36,41-15-6-4-3-5-7-15)38-12-17-20(33)21(34)24(13-26,39-17)18-9-8-16-22(27-14-28-31(16)18)29-23(35)37-11-10-25/h3-9,14,17,20-21,33-34H,2,10-12,25H2,1H3,(H,30,36)(H,27,28,29,35)/t17-,20-,21-,24+,42?/m1/s1. The van der Waals surface area contributed by atoms with Crippen LogP contribution in [0.25, 0.3) is 5.52 Å². The molecule has 18 heteroatoms. The van der Waals surface area contributed by atoms with E-state index in [4.69, 9.17) is 29.1 Å². The number of hydrogen-bond donors (Lipinski definition) is 5. The molecule has 224 valence electrons. The fourth-order valence-electron chi connectivity index (χ4n) is 3.95. The first-order chi connectivity index (χ1) is 20.2. The van der Waals surface area contributed by atoms with E-state index in [1.165, 1.54) is 35.7 Å². The van der Waals surface area contributed by atoms with Crippen LogP contribution >= 0.6 is 7.75 Å². The van der Waals surface area contributed by atoms with E-state index in [0.717, 1.165) is 6.33 Å². The molecule has 0 spiro atoms. The van der Waals surface area contributed by atoms with E-state index in [0.29, 0.717) is 0 Å². The molecule has 0 saturated carbocycles. The molecule has 3 heterocycles. The van der Waals surface area contributed by atoms with Gasteiger partial charge in [0.05, 0.1) is 12.3 Å². The second-order valence-corrected chi connectivity index (χ2v) is 10.3. The van der Waals surface area contributed by atoms with Gasteiger partial charge in [-0.2, -0.15) is 10.4 Å². The molecule has 2 aromatic heterocycles. The van der Waals surface area contributed by atoms with E-state index < -0.39 is 50.3 Å². The Hall–Kier alpha value is -4.14. The van der Waals surface area contributed by atoms with Crippen LogP contribution in [0.2, 0.25) is 0 Å². The lowest BCUT2D eigenvalue weighted by molar-refractivity contribution is -0.147. The number of aliphatic hydroxyl groups excluding tert-OH is 2. The minimum Gasteiger partial charge on any atom is -0.448 e. The maximum atomic E-state index is 13.4. The SMILES string of the molecule is CCC(=O)ONP(=O)(OC[C@H]1O[C@@](C#N)(c2ccc3c(NC(=O)OCCN)ncnn23)[C@H](O)[C@@H]1O)Oc1ccccc1. The molecule has 1 saturated heterocycles. The van der Waals surface area contributed by atoms with Crippen LogP contribution in [0.3, 0.4) is 0 Å². The molecule has 0 aliphatic carbocycles. The Balaban J connectivity index is 1.57. The summed E-state index contributed by atoms with van der Waals surface area (Å²) in [5, 5.41) is 40.5. The van der Waals surface area contributed by atoms with Crippen LogP contribution in [-0.4, -0.2) is 74.9 Å². The molecule has 4 rings (SSSR count). The van der Waals surface area contributed by atoms with Gasteiger partial charge in [0.2, 0.25) is 5.60 Å². The molecule has 1 fully saturated rings. The van der Waals surface area contributed by atoms with Crippen molar-refractivity contribution >= 4 is 31.1 Å². The molecule has 3 aromatic rings. The van der Waals surface area contributed by atoms with Crippen molar-refractivity contribution in [2.24, 2.45) is 5.73 Å². The van der Waals surface area contributed by atoms with E-state index >= 15 is 0 Å². The number of nitrogens with two attached hydrogens (primary N) is 1. The summed E-state index contributed by atoms with van der Waals surface area (Å²) in [5.74, 6) is -0.628. The number of para-hydroxylation sites is 1. The Bertz CT molecular complexity index is 1500. The van der Waals surface area contributed by atoms with Crippen molar-refractivity contribution in [3.8, 4) is 11.8 Å². The fourth-order valence-corrected chi connectivity index (χ4v) is 5.05. The second kappa shape index (κ2) is 13.2. The first kappa shape index (κ1) is 30.8. The molecule has 1 aliphatic rings. The molecule has 6 N–H and O–H groups in total. The van der Waals surface area contributed by atoms with Crippen LogP contribution in [0.5, 0.6) is 5.75 Å². The quantitative estimate of drug-likeness (QED) is 0.141. The number of benzene rings is 1. The Morgan fingerprint density at radius 2 is 2.02 bits per heavy atom. The van der Waals surface area contributed by atoms with Crippen molar-refractivity contribution in [1.29, 1.82) is 5.26 Å². The average molecular weight is 606 g/mol. The third kappa shape index (κ3) is 6.50. The van der Waals surface area contributed by atoms with Gasteiger partial charge in [-0.1, -0.05) is 25.1 Å². The van der Waals surface area contributed by atoms with E-state index in [1.54, 1.807) is 18.2 Å². The lowest BCUT2D eigenvalue weighted by atomic mass is 9.92. The minimum absolute atomic E-state index is 0.0194. The van der Waals surface area contributed by atoms with Crippen molar-refractivity contribution < 1.29 is 47.7 Å². The number of fused-ring (bicyclic) bond motifs is 1. The first-order valence-electron chi connectivity index (χ1n) is 12.5. The van der Waals surface area contributed by atoms with Gasteiger partial charge in [0.1, 0.15) is 48.6 Å². The zero-order valence-electron chi connectivity index (χ0n) is 22.2. The summed E-state index contributed by atoms with van der Waals surface area (Å²) in [5.41, 5.74) is 3.33. The third-order valence-corrected chi connectivity index (χ3v) is 7.22. The molecular formula is C24H28N7O10P. The molecule has 5 atom stereocenters. The van der Waals surface area contributed by atoms with Crippen LogP contribution < -0.4 is 20.8 Å². The van der Waals surface area contributed by atoms with Gasteiger partial charge in [-0.15, -0.1) is 0 Å². The highest BCUT2D eigenvalue weighted by Crippen LogP contribution is 2.47. The summed E-state index contributed by atoms with van der Waals surface area (Å²) < 4.78 is 36.1. The number of anilines is 1. The molecule has 1 unspecified atom stereocenters. The predicted octanol–water partition coefficient (Wildman–Crippen LogP) is 0.737. The largest absolute Gasteiger partial charge is 0.491 e. The van der Waals surface area contributed by atoms with Gasteiger partial charge in [-0.3, -0.25) is 14.6 Å². The van der Waals surface area contributed by atoms with Gasteiger partial charge >= 0.3 is 19.8 Å². The summed E-state index contributed by atoms with van der Waals surface area (Å²) in [6, 6.07) is 12.6. The number of nitriles is 1. The Morgan fingerprint density at radius 1 is 1.26 bits per heavy atom. The third-order valence-electron chi connectivity index (χ3n) is 5.97. The molecular weight excluding hydrogens is 577 g/mol. The number of aliphatic hydroxyl groups is 2. The van der Waals surface area contributed by atoms with E-state index in [2.05, 4.69) is 15.4 Å². The number of carbonyl (C=O) groups is 2. The molecule has 1 aromatic carbocycles. The molecule has 0 bridgehead atoms. The number of rotatable bonds is 12. The second-order valence-electron chi connectivity index (χ2n) is 8.73. The predicted molar refractivity (Wildman–Crippen MR) is 141 cm³/mol. The van der Waals surface area contributed by atoms with Crippen molar-refractivity contribution in [3.63, 3.8) is 0 Å². The number of hydrogen-bond acceptors (Lipinski definition) is 14. The van der Waals surface area contributed by atoms with Crippen LogP contribution in [-0.2, 0) is 33.8 Å². The van der Waals surface area contributed by atoms with Gasteiger partial charge in [-0.05, 0) is 29.5 Å². The number of amides is 1. The van der Waals surface area contributed by atoms with E-state index in [-0.39, 0.29) is 42.4 Å². The first-order valence-corrected chi connectivity index (χ1v) is 14.1. The van der Waals surface area contributed by atoms with Crippen molar-refractivity contribution in [1.82, 2.24) is 19.8 Å². The highest BCUT2D eigenvalue weighted by atomic mass is 31.2. The van der Waals surface area contributed by atoms with Crippen LogP contribution in [0.4, 0.5) is 10.6 Å². The summed E-state index contributed by atoms with van der Waals surface area (Å²) in [6.07, 6.45) is -4.77. The number of nitrogens with zero attached hydrogens (tertiary/aromatic N) is 4. The van der Waals surface area contributed by atoms with Gasteiger partial charge < -0.3 is 34.8 Å². The molecule has 1 aliphatic heterocycles. The Morgan fingerprint density at radius 3 is 2.71 bits per heavy atom. The van der Waals surface area contributed by atoms with Crippen LogP contribution in [0, 0.1) is 11.3 Å². The highest BCUT2D eigenvalue weighted by molar-refractivity contribution is 7.51. The average Bonchev–Trinajstić information content (AvgIpc) is 3.54. The molecule has 42 heavy (non-hydrogen) atoms. The zero-order chi connectivity index (χ0) is 30.3. The van der Waals surface area contributed by atoms with Crippen molar-refractivity contribution in [3.05, 3.63) is 54.5 Å². The summed E-state index contributed by atoms with van der Waals surface area (Å²) in [4.78, 5) is 32.4. The van der Waals surface area contributed by atoms with E-state index in [1.807, 2.05) is 11.3 Å². The summed E-state index contributed by atoms with van der Waals surface area (Å²) >= 11 is 0. The molecule has 0 radical (unpaired) electrons. The smallest absolute Gasteiger partial charge is 0.448 e. The minimum atomic E-state index is -4.42. The summed E-state index contributed by atoms with van der Waals surface area (Å²) in [7, 11) is -4.42. The van der Waals surface area contributed by atoms with Gasteiger partial charge in [0.25, 0.3) is 0 Å². The number of ether oxygens (including phenoxy) is 2. The number of aromatic nitrogens is 3. The molecule has 1 amide bonds. The number of nitrogens with one attached hydrogen (secondary N) is 2.